The molecule has 0 radical (unpaired) electrons. The molecular formula is C20H32O5. The van der Waals surface area contributed by atoms with Crippen molar-refractivity contribution in [3.8, 4) is 5.75 Å². The molecule has 1 aromatic rings. The minimum absolute atomic E-state index is 0.0394. The molecule has 0 bridgehead atoms. The summed E-state index contributed by atoms with van der Waals surface area (Å²) in [6.45, 7) is 9.08. The maximum atomic E-state index is 10.5. The second kappa shape index (κ2) is 12.0. The van der Waals surface area contributed by atoms with Crippen molar-refractivity contribution in [2.24, 2.45) is 11.8 Å². The Labute approximate surface area is 151 Å². The van der Waals surface area contributed by atoms with Crippen molar-refractivity contribution >= 4 is 0 Å². The van der Waals surface area contributed by atoms with E-state index in [1.165, 1.54) is 0 Å². The van der Waals surface area contributed by atoms with Crippen molar-refractivity contribution in [2.75, 3.05) is 27.6 Å². The van der Waals surface area contributed by atoms with E-state index in [2.05, 4.69) is 13.5 Å². The minimum atomic E-state index is -0.595. The lowest BCUT2D eigenvalue weighted by atomic mass is 9.93. The van der Waals surface area contributed by atoms with Crippen molar-refractivity contribution in [1.82, 2.24) is 0 Å². The van der Waals surface area contributed by atoms with Gasteiger partial charge in [-0.2, -0.15) is 0 Å². The standard InChI is InChI=1S/C20H32O5/c1-6-16(3)20(25-14-22-4)19(21)11-15(2)12-24-13-17-7-9-18(23-5)10-8-17/h6-10,15-16,19-21H,1,11-14H2,2-5H3/t15-,16-,19-,20-/m0/s1. The van der Waals surface area contributed by atoms with Gasteiger partial charge < -0.3 is 24.1 Å². The van der Waals surface area contributed by atoms with E-state index >= 15 is 0 Å². The van der Waals surface area contributed by atoms with Crippen molar-refractivity contribution in [1.29, 1.82) is 0 Å². The Hall–Kier alpha value is -1.40. The Bertz CT molecular complexity index is 473. The van der Waals surface area contributed by atoms with Crippen LogP contribution in [0.25, 0.3) is 0 Å². The molecule has 5 heteroatoms. The zero-order chi connectivity index (χ0) is 18.7. The minimum Gasteiger partial charge on any atom is -0.497 e. The molecule has 0 amide bonds. The van der Waals surface area contributed by atoms with Gasteiger partial charge >= 0.3 is 0 Å². The van der Waals surface area contributed by atoms with E-state index < -0.39 is 6.10 Å². The molecule has 0 saturated heterocycles. The largest absolute Gasteiger partial charge is 0.497 e. The number of rotatable bonds is 13. The number of benzene rings is 1. The van der Waals surface area contributed by atoms with E-state index in [1.54, 1.807) is 20.3 Å². The summed E-state index contributed by atoms with van der Waals surface area (Å²) in [6.07, 6.45) is 1.45. The first-order valence-electron chi connectivity index (χ1n) is 8.63. The fourth-order valence-electron chi connectivity index (χ4n) is 2.61. The monoisotopic (exact) mass is 352 g/mol. The molecular weight excluding hydrogens is 320 g/mol. The molecule has 4 atom stereocenters. The summed E-state index contributed by atoms with van der Waals surface area (Å²) in [5, 5.41) is 10.5. The van der Waals surface area contributed by atoms with Crippen LogP contribution in [0.15, 0.2) is 36.9 Å². The average Bonchev–Trinajstić information content (AvgIpc) is 2.62. The number of hydrogen-bond acceptors (Lipinski definition) is 5. The normalized spacial score (nSPS) is 16.0. The summed E-state index contributed by atoms with van der Waals surface area (Å²) in [7, 11) is 3.22. The first-order chi connectivity index (χ1) is 12.0. The fourth-order valence-corrected chi connectivity index (χ4v) is 2.61. The van der Waals surface area contributed by atoms with Gasteiger partial charge in [0.25, 0.3) is 0 Å². The molecule has 0 heterocycles. The highest BCUT2D eigenvalue weighted by molar-refractivity contribution is 5.26. The van der Waals surface area contributed by atoms with E-state index in [9.17, 15) is 5.11 Å². The van der Waals surface area contributed by atoms with Crippen LogP contribution < -0.4 is 4.74 Å². The molecule has 1 N–H and O–H groups in total. The van der Waals surface area contributed by atoms with E-state index in [0.29, 0.717) is 19.6 Å². The van der Waals surface area contributed by atoms with Crippen molar-refractivity contribution in [2.45, 2.75) is 39.1 Å². The van der Waals surface area contributed by atoms with E-state index in [0.717, 1.165) is 11.3 Å². The third-order valence-electron chi connectivity index (χ3n) is 4.12. The maximum Gasteiger partial charge on any atom is 0.146 e. The molecule has 0 saturated carbocycles. The van der Waals surface area contributed by atoms with Gasteiger partial charge in [-0.15, -0.1) is 6.58 Å². The van der Waals surface area contributed by atoms with Gasteiger partial charge in [0.1, 0.15) is 12.5 Å². The van der Waals surface area contributed by atoms with Gasteiger partial charge in [-0.3, -0.25) is 0 Å². The molecule has 0 unspecified atom stereocenters. The van der Waals surface area contributed by atoms with Gasteiger partial charge in [0.2, 0.25) is 0 Å². The second-order valence-electron chi connectivity index (χ2n) is 6.40. The average molecular weight is 352 g/mol. The van der Waals surface area contributed by atoms with Crippen LogP contribution in [0.5, 0.6) is 5.75 Å². The van der Waals surface area contributed by atoms with Crippen LogP contribution in [-0.2, 0) is 20.8 Å². The molecule has 0 aliphatic rings. The molecule has 1 rings (SSSR count). The molecule has 25 heavy (non-hydrogen) atoms. The predicted molar refractivity (Wildman–Crippen MR) is 98.5 cm³/mol. The van der Waals surface area contributed by atoms with Crippen LogP contribution in [0.4, 0.5) is 0 Å². The van der Waals surface area contributed by atoms with Crippen LogP contribution in [-0.4, -0.2) is 44.9 Å². The topological polar surface area (TPSA) is 57.2 Å². The van der Waals surface area contributed by atoms with Gasteiger partial charge in [0.05, 0.1) is 25.9 Å². The summed E-state index contributed by atoms with van der Waals surface area (Å²) in [6, 6.07) is 7.80. The quantitative estimate of drug-likeness (QED) is 0.435. The molecule has 0 aliphatic carbocycles. The second-order valence-corrected chi connectivity index (χ2v) is 6.40. The summed E-state index contributed by atoms with van der Waals surface area (Å²) >= 11 is 0. The van der Waals surface area contributed by atoms with Gasteiger partial charge in [0.15, 0.2) is 0 Å². The highest BCUT2D eigenvalue weighted by Gasteiger charge is 2.26. The van der Waals surface area contributed by atoms with E-state index in [1.807, 2.05) is 31.2 Å². The molecule has 0 aromatic heterocycles. The molecule has 142 valence electrons. The van der Waals surface area contributed by atoms with Crippen LogP contribution >= 0.6 is 0 Å². The summed E-state index contributed by atoms with van der Waals surface area (Å²) in [4.78, 5) is 0. The zero-order valence-electron chi connectivity index (χ0n) is 15.8. The number of hydrogen-bond donors (Lipinski definition) is 1. The van der Waals surface area contributed by atoms with Crippen molar-refractivity contribution in [3.05, 3.63) is 42.5 Å². The van der Waals surface area contributed by atoms with Gasteiger partial charge in [-0.25, -0.2) is 0 Å². The Balaban J connectivity index is 2.39. The Kier molecular flexibility index (Phi) is 10.4. The van der Waals surface area contributed by atoms with E-state index in [-0.39, 0.29) is 24.7 Å². The Morgan fingerprint density at radius 3 is 2.40 bits per heavy atom. The van der Waals surface area contributed by atoms with Crippen molar-refractivity contribution in [3.63, 3.8) is 0 Å². The lowest BCUT2D eigenvalue weighted by molar-refractivity contribution is -0.129. The maximum absolute atomic E-state index is 10.5. The molecule has 5 nitrogen and oxygen atoms in total. The first kappa shape index (κ1) is 21.6. The highest BCUT2D eigenvalue weighted by Crippen LogP contribution is 2.20. The van der Waals surface area contributed by atoms with E-state index in [4.69, 9.17) is 18.9 Å². The van der Waals surface area contributed by atoms with Crippen molar-refractivity contribution < 1.29 is 24.1 Å². The predicted octanol–water partition coefficient (Wildman–Crippen LogP) is 3.41. The van der Waals surface area contributed by atoms with Crippen LogP contribution in [0.1, 0.15) is 25.8 Å². The zero-order valence-corrected chi connectivity index (χ0v) is 15.8. The molecule has 0 spiro atoms. The lowest BCUT2D eigenvalue weighted by Crippen LogP contribution is -2.36. The van der Waals surface area contributed by atoms with Crippen LogP contribution in [0, 0.1) is 11.8 Å². The number of ether oxygens (including phenoxy) is 4. The third kappa shape index (κ3) is 8.01. The summed E-state index contributed by atoms with van der Waals surface area (Å²) in [5.41, 5.74) is 1.09. The SMILES string of the molecule is C=C[C@H](C)[C@H](OCOC)[C@@H](O)C[C@H](C)COCc1ccc(OC)cc1. The third-order valence-corrected chi connectivity index (χ3v) is 4.12. The van der Waals surface area contributed by atoms with Gasteiger partial charge in [-0.05, 0) is 30.0 Å². The van der Waals surface area contributed by atoms with Gasteiger partial charge in [0, 0.05) is 19.6 Å². The number of aliphatic hydroxyl groups excluding tert-OH is 1. The van der Waals surface area contributed by atoms with Gasteiger partial charge in [-0.1, -0.05) is 32.1 Å². The number of aliphatic hydroxyl groups is 1. The highest BCUT2D eigenvalue weighted by atomic mass is 16.7. The van der Waals surface area contributed by atoms with Crippen LogP contribution in [0.3, 0.4) is 0 Å². The summed E-state index contributed by atoms with van der Waals surface area (Å²) < 4.78 is 21.5. The Morgan fingerprint density at radius 2 is 1.84 bits per heavy atom. The smallest absolute Gasteiger partial charge is 0.146 e. The summed E-state index contributed by atoms with van der Waals surface area (Å²) in [5.74, 6) is 1.08. The first-order valence-corrected chi connectivity index (χ1v) is 8.63. The fraction of sp³-hybridized carbons (Fsp3) is 0.600. The molecule has 0 aliphatic heterocycles. The Morgan fingerprint density at radius 1 is 1.16 bits per heavy atom. The lowest BCUT2D eigenvalue weighted by Gasteiger charge is -2.28. The number of methoxy groups -OCH3 is 2. The molecule has 1 aromatic carbocycles. The van der Waals surface area contributed by atoms with Crippen LogP contribution in [0.2, 0.25) is 0 Å². The molecule has 0 fully saturated rings.